The number of hydrogen-bond acceptors (Lipinski definition) is 6. The minimum absolute atomic E-state index is 0.403. The van der Waals surface area contributed by atoms with Crippen molar-refractivity contribution in [3.05, 3.63) is 39.7 Å². The Morgan fingerprint density at radius 2 is 1.79 bits per heavy atom. The maximum atomic E-state index is 13.6. The van der Waals surface area contributed by atoms with Crippen LogP contribution in [-0.4, -0.2) is 16.9 Å². The van der Waals surface area contributed by atoms with Crippen LogP contribution in [0.1, 0.15) is 25.7 Å². The van der Waals surface area contributed by atoms with Crippen molar-refractivity contribution >= 4 is 17.6 Å². The summed E-state index contributed by atoms with van der Waals surface area (Å²) < 4.78 is 22.8. The number of carbonyl (C=O) groups is 2. The molecule has 102 valence electrons. The molecule has 0 atom stereocenters. The van der Waals surface area contributed by atoms with E-state index in [2.05, 4.69) is 9.47 Å². The summed E-state index contributed by atoms with van der Waals surface area (Å²) >= 11 is 0. The van der Waals surface area contributed by atoms with Crippen molar-refractivity contribution in [3.63, 3.8) is 0 Å². The van der Waals surface area contributed by atoms with E-state index in [0.29, 0.717) is 0 Å². The molecule has 1 rings (SSSR count). The third-order valence-electron chi connectivity index (χ3n) is 1.99. The van der Waals surface area contributed by atoms with Crippen LogP contribution in [0.4, 0.5) is 10.1 Å². The van der Waals surface area contributed by atoms with Gasteiger partial charge in [0.15, 0.2) is 0 Å². The molecular formula is C11H10FNO6. The van der Waals surface area contributed by atoms with Gasteiger partial charge in [-0.3, -0.25) is 19.7 Å². The highest BCUT2D eigenvalue weighted by molar-refractivity contribution is 5.68. The van der Waals surface area contributed by atoms with Gasteiger partial charge < -0.3 is 9.47 Å². The first-order valence-electron chi connectivity index (χ1n) is 5.09. The van der Waals surface area contributed by atoms with E-state index in [9.17, 15) is 24.1 Å². The number of halogens is 1. The molecule has 8 heteroatoms. The molecule has 0 aliphatic carbocycles. The molecule has 0 aliphatic rings. The average molecular weight is 271 g/mol. The van der Waals surface area contributed by atoms with E-state index in [0.717, 1.165) is 32.0 Å². The van der Waals surface area contributed by atoms with Gasteiger partial charge in [0, 0.05) is 26.0 Å². The lowest BCUT2D eigenvalue weighted by molar-refractivity contribution is -0.385. The van der Waals surface area contributed by atoms with Crippen LogP contribution >= 0.6 is 0 Å². The van der Waals surface area contributed by atoms with Gasteiger partial charge in [0.2, 0.25) is 0 Å². The Balaban J connectivity index is 3.19. The zero-order valence-corrected chi connectivity index (χ0v) is 10.1. The first-order valence-corrected chi connectivity index (χ1v) is 5.09. The number of benzene rings is 1. The molecule has 0 aliphatic heterocycles. The summed E-state index contributed by atoms with van der Waals surface area (Å²) in [5.74, 6) is -2.53. The molecule has 0 spiro atoms. The maximum absolute atomic E-state index is 13.6. The zero-order chi connectivity index (χ0) is 14.6. The number of hydrogen-bond donors (Lipinski definition) is 0. The van der Waals surface area contributed by atoms with E-state index in [1.807, 2.05) is 0 Å². The lowest BCUT2D eigenvalue weighted by atomic mass is 10.2. The van der Waals surface area contributed by atoms with Gasteiger partial charge in [-0.25, -0.2) is 4.39 Å². The van der Waals surface area contributed by atoms with E-state index in [1.165, 1.54) is 0 Å². The minimum Gasteiger partial charge on any atom is -0.421 e. The number of ether oxygens (including phenoxy) is 2. The normalized spacial score (nSPS) is 10.1. The summed E-state index contributed by atoms with van der Waals surface area (Å²) in [6.07, 6.45) is -1.66. The highest BCUT2D eigenvalue weighted by atomic mass is 19.1. The number of rotatable bonds is 4. The number of esters is 2. The van der Waals surface area contributed by atoms with Gasteiger partial charge in [-0.05, 0) is 6.07 Å². The van der Waals surface area contributed by atoms with Gasteiger partial charge in [-0.1, -0.05) is 0 Å². The Bertz CT molecular complexity index is 514. The van der Waals surface area contributed by atoms with Crippen molar-refractivity contribution in [2.24, 2.45) is 0 Å². The lowest BCUT2D eigenvalue weighted by Gasteiger charge is -2.17. The second kappa shape index (κ2) is 5.89. The molecule has 0 aromatic heterocycles. The highest BCUT2D eigenvalue weighted by Gasteiger charge is 2.24. The predicted molar refractivity (Wildman–Crippen MR) is 59.3 cm³/mol. The summed E-state index contributed by atoms with van der Waals surface area (Å²) in [4.78, 5) is 31.6. The third kappa shape index (κ3) is 4.02. The second-order valence-electron chi connectivity index (χ2n) is 3.51. The fourth-order valence-corrected chi connectivity index (χ4v) is 1.28. The molecule has 0 N–H and O–H groups in total. The monoisotopic (exact) mass is 271 g/mol. The van der Waals surface area contributed by atoms with Crippen LogP contribution in [0.3, 0.4) is 0 Å². The number of carbonyl (C=O) groups excluding carboxylic acids is 2. The van der Waals surface area contributed by atoms with Gasteiger partial charge >= 0.3 is 11.9 Å². The van der Waals surface area contributed by atoms with Crippen LogP contribution < -0.4 is 0 Å². The first-order chi connectivity index (χ1) is 8.81. The predicted octanol–water partition coefficient (Wildman–Crippen LogP) is 1.86. The Morgan fingerprint density at radius 3 is 2.21 bits per heavy atom. The van der Waals surface area contributed by atoms with Crippen molar-refractivity contribution in [2.75, 3.05) is 0 Å². The van der Waals surface area contributed by atoms with Gasteiger partial charge in [-0.2, -0.15) is 0 Å². The van der Waals surface area contributed by atoms with Crippen molar-refractivity contribution in [2.45, 2.75) is 20.1 Å². The summed E-state index contributed by atoms with van der Waals surface area (Å²) in [6.45, 7) is 2.07. The molecule has 0 unspecified atom stereocenters. The van der Waals surface area contributed by atoms with Crippen LogP contribution in [0, 0.1) is 15.9 Å². The number of nitrogens with zero attached hydrogens (tertiary/aromatic N) is 1. The topological polar surface area (TPSA) is 95.7 Å². The van der Waals surface area contributed by atoms with Crippen molar-refractivity contribution in [1.29, 1.82) is 0 Å². The molecule has 0 bridgehead atoms. The number of nitro groups is 1. The van der Waals surface area contributed by atoms with E-state index in [-0.39, 0.29) is 0 Å². The molecule has 1 aromatic carbocycles. The van der Waals surface area contributed by atoms with Gasteiger partial charge in [0.1, 0.15) is 5.82 Å². The largest absolute Gasteiger partial charge is 0.421 e. The lowest BCUT2D eigenvalue weighted by Crippen LogP contribution is -2.16. The maximum Gasteiger partial charge on any atom is 0.305 e. The van der Waals surface area contributed by atoms with Crippen molar-refractivity contribution in [1.82, 2.24) is 0 Å². The van der Waals surface area contributed by atoms with Crippen molar-refractivity contribution < 1.29 is 28.4 Å². The molecule has 0 saturated carbocycles. The minimum atomic E-state index is -1.66. The summed E-state index contributed by atoms with van der Waals surface area (Å²) in [6, 6.07) is 2.61. The Kier molecular flexibility index (Phi) is 4.51. The first kappa shape index (κ1) is 14.6. The highest BCUT2D eigenvalue weighted by Crippen LogP contribution is 2.26. The van der Waals surface area contributed by atoms with Gasteiger partial charge in [0.25, 0.3) is 12.0 Å². The van der Waals surface area contributed by atoms with E-state index in [1.54, 1.807) is 0 Å². The third-order valence-corrected chi connectivity index (χ3v) is 1.99. The van der Waals surface area contributed by atoms with E-state index in [4.69, 9.17) is 0 Å². The average Bonchev–Trinajstić information content (AvgIpc) is 2.27. The van der Waals surface area contributed by atoms with Crippen LogP contribution in [-0.2, 0) is 19.1 Å². The van der Waals surface area contributed by atoms with Crippen LogP contribution in [0.15, 0.2) is 18.2 Å². The SMILES string of the molecule is CC(=O)OC(OC(C)=O)c1cc([N+](=O)[O-])ccc1F. The quantitative estimate of drug-likeness (QED) is 0.359. The van der Waals surface area contributed by atoms with Crippen LogP contribution in [0.25, 0.3) is 0 Å². The van der Waals surface area contributed by atoms with Crippen LogP contribution in [0.5, 0.6) is 0 Å². The number of nitro benzene ring substituents is 1. The fraction of sp³-hybridized carbons (Fsp3) is 0.273. The molecule has 0 saturated heterocycles. The van der Waals surface area contributed by atoms with E-state index < -0.39 is 40.2 Å². The summed E-state index contributed by atoms with van der Waals surface area (Å²) in [5, 5.41) is 10.6. The molecule has 0 heterocycles. The Hall–Kier alpha value is -2.51. The molecule has 0 radical (unpaired) electrons. The molecule has 19 heavy (non-hydrogen) atoms. The second-order valence-corrected chi connectivity index (χ2v) is 3.51. The standard InChI is InChI=1S/C11H10FNO6/c1-6(14)18-11(19-7(2)15)9-5-8(13(16)17)3-4-10(9)12/h3-5,11H,1-2H3. The molecule has 0 fully saturated rings. The zero-order valence-electron chi connectivity index (χ0n) is 10.1. The van der Waals surface area contributed by atoms with Crippen molar-refractivity contribution in [3.8, 4) is 0 Å². The molecule has 7 nitrogen and oxygen atoms in total. The van der Waals surface area contributed by atoms with Gasteiger partial charge in [0.05, 0.1) is 10.5 Å². The van der Waals surface area contributed by atoms with Crippen LogP contribution in [0.2, 0.25) is 0 Å². The molecular weight excluding hydrogens is 261 g/mol. The summed E-state index contributed by atoms with van der Waals surface area (Å²) in [5.41, 5.74) is -0.819. The fourth-order valence-electron chi connectivity index (χ4n) is 1.28. The molecule has 0 amide bonds. The Labute approximate surface area is 107 Å². The smallest absolute Gasteiger partial charge is 0.305 e. The van der Waals surface area contributed by atoms with Gasteiger partial charge in [-0.15, -0.1) is 0 Å². The number of non-ortho nitro benzene ring substituents is 1. The summed E-state index contributed by atoms with van der Waals surface area (Å²) in [7, 11) is 0. The molecule has 1 aromatic rings. The Morgan fingerprint density at radius 1 is 1.26 bits per heavy atom. The van der Waals surface area contributed by atoms with E-state index >= 15 is 0 Å².